The molecule has 2 N–H and O–H groups in total. The second kappa shape index (κ2) is 9.71. The van der Waals surface area contributed by atoms with Crippen LogP contribution < -0.4 is 10.6 Å². The van der Waals surface area contributed by atoms with Crippen LogP contribution in [0, 0.1) is 12.7 Å². The molecule has 4 nitrogen and oxygen atoms in total. The first-order valence-corrected chi connectivity index (χ1v) is 8.50. The minimum absolute atomic E-state index is 0. The van der Waals surface area contributed by atoms with Crippen molar-refractivity contribution in [1.82, 2.24) is 15.6 Å². The van der Waals surface area contributed by atoms with Gasteiger partial charge < -0.3 is 10.6 Å². The van der Waals surface area contributed by atoms with Crippen molar-refractivity contribution in [3.63, 3.8) is 0 Å². The fourth-order valence-corrected chi connectivity index (χ4v) is 3.40. The summed E-state index contributed by atoms with van der Waals surface area (Å²) in [4.78, 5) is 17.5. The van der Waals surface area contributed by atoms with Gasteiger partial charge in [0.2, 0.25) is 5.91 Å². The van der Waals surface area contributed by atoms with Crippen LogP contribution in [0.5, 0.6) is 0 Å². The minimum atomic E-state index is -0.260. The number of hydrogen-bond acceptors (Lipinski definition) is 4. The van der Waals surface area contributed by atoms with Crippen molar-refractivity contribution in [2.45, 2.75) is 32.7 Å². The highest BCUT2D eigenvalue weighted by Gasteiger charge is 2.17. The van der Waals surface area contributed by atoms with Gasteiger partial charge in [0, 0.05) is 12.0 Å². The van der Waals surface area contributed by atoms with Crippen molar-refractivity contribution in [2.75, 3.05) is 13.6 Å². The molecule has 0 aliphatic carbocycles. The maximum Gasteiger partial charge on any atom is 0.220 e. The van der Waals surface area contributed by atoms with Gasteiger partial charge in [-0.15, -0.1) is 23.7 Å². The first-order chi connectivity index (χ1) is 11.0. The third-order valence-corrected chi connectivity index (χ3v) is 4.91. The van der Waals surface area contributed by atoms with E-state index < -0.39 is 0 Å². The lowest BCUT2D eigenvalue weighted by atomic mass is 10.2. The highest BCUT2D eigenvalue weighted by molar-refractivity contribution is 7.15. The smallest absolute Gasteiger partial charge is 0.220 e. The van der Waals surface area contributed by atoms with Crippen LogP contribution in [0.25, 0.3) is 10.6 Å². The van der Waals surface area contributed by atoms with Gasteiger partial charge in [0.1, 0.15) is 10.8 Å². The van der Waals surface area contributed by atoms with E-state index in [4.69, 9.17) is 0 Å². The molecule has 7 heteroatoms. The molecule has 132 valence electrons. The summed E-state index contributed by atoms with van der Waals surface area (Å²) in [6, 6.07) is 6.22. The number of nitrogens with one attached hydrogen (secondary N) is 2. The number of halogens is 2. The van der Waals surface area contributed by atoms with E-state index in [0.717, 1.165) is 34.1 Å². The van der Waals surface area contributed by atoms with Crippen LogP contribution in [0.1, 0.15) is 36.4 Å². The summed E-state index contributed by atoms with van der Waals surface area (Å²) in [6.07, 6.45) is 1.32. The van der Waals surface area contributed by atoms with E-state index in [2.05, 4.69) is 15.6 Å². The van der Waals surface area contributed by atoms with Crippen molar-refractivity contribution in [3.05, 3.63) is 40.7 Å². The number of rotatable bonds is 7. The Labute approximate surface area is 152 Å². The van der Waals surface area contributed by atoms with E-state index >= 15 is 0 Å². The second-order valence-corrected chi connectivity index (χ2v) is 6.50. The molecule has 0 aliphatic heterocycles. The van der Waals surface area contributed by atoms with Crippen LogP contribution >= 0.6 is 23.7 Å². The average Bonchev–Trinajstić information content (AvgIpc) is 2.90. The lowest BCUT2D eigenvalue weighted by Gasteiger charge is -2.12. The van der Waals surface area contributed by atoms with E-state index in [9.17, 15) is 9.18 Å². The normalized spacial score (nSPS) is 11.7. The number of thiazole rings is 1. The molecule has 24 heavy (non-hydrogen) atoms. The summed E-state index contributed by atoms with van der Waals surface area (Å²) in [7, 11) is 1.87. The lowest BCUT2D eigenvalue weighted by molar-refractivity contribution is -0.121. The molecule has 0 aliphatic rings. The van der Waals surface area contributed by atoms with Crippen LogP contribution in [0.2, 0.25) is 0 Å². The number of amides is 1. The Bertz CT molecular complexity index is 660. The molecular formula is C17H23ClFN3OS. The molecule has 1 aromatic heterocycles. The molecular weight excluding hydrogens is 349 g/mol. The second-order valence-electron chi connectivity index (χ2n) is 5.47. The van der Waals surface area contributed by atoms with Gasteiger partial charge in [-0.25, -0.2) is 9.37 Å². The Morgan fingerprint density at radius 2 is 2.00 bits per heavy atom. The molecule has 2 rings (SSSR count). The molecule has 1 aromatic carbocycles. The standard InChI is InChI=1S/C17H22FN3OS.ClH/c1-11(20-15(22)5-4-10-19-3)16-12(2)21-17(23-16)13-6-8-14(18)9-7-13;/h6-9,11,19H,4-5,10H2,1-3H3,(H,20,22);1H. The van der Waals surface area contributed by atoms with Crippen molar-refractivity contribution in [3.8, 4) is 10.6 Å². The SMILES string of the molecule is CNCCCC(=O)NC(C)c1sc(-c2ccc(F)cc2)nc1C.Cl. The Morgan fingerprint density at radius 1 is 1.33 bits per heavy atom. The van der Waals surface area contributed by atoms with E-state index in [1.54, 1.807) is 12.1 Å². The van der Waals surface area contributed by atoms with Crippen molar-refractivity contribution < 1.29 is 9.18 Å². The molecule has 0 saturated heterocycles. The topological polar surface area (TPSA) is 54.0 Å². The fourth-order valence-electron chi connectivity index (χ4n) is 2.33. The van der Waals surface area contributed by atoms with Crippen molar-refractivity contribution in [2.24, 2.45) is 0 Å². The maximum absolute atomic E-state index is 13.0. The van der Waals surface area contributed by atoms with Gasteiger partial charge in [0.25, 0.3) is 0 Å². The molecule has 1 heterocycles. The maximum atomic E-state index is 13.0. The number of nitrogens with zero attached hydrogens (tertiary/aromatic N) is 1. The minimum Gasteiger partial charge on any atom is -0.349 e. The van der Waals surface area contributed by atoms with Crippen LogP contribution in [-0.4, -0.2) is 24.5 Å². The summed E-state index contributed by atoms with van der Waals surface area (Å²) < 4.78 is 13.0. The lowest BCUT2D eigenvalue weighted by Crippen LogP contribution is -2.27. The molecule has 0 spiro atoms. The quantitative estimate of drug-likeness (QED) is 0.727. The molecule has 2 aromatic rings. The van der Waals surface area contributed by atoms with Gasteiger partial charge in [-0.3, -0.25) is 4.79 Å². The van der Waals surface area contributed by atoms with Crippen LogP contribution in [-0.2, 0) is 4.79 Å². The number of carbonyl (C=O) groups is 1. The molecule has 1 atom stereocenters. The van der Waals surface area contributed by atoms with Gasteiger partial charge in [-0.1, -0.05) is 0 Å². The first kappa shape index (κ1) is 20.5. The zero-order chi connectivity index (χ0) is 16.8. The number of benzene rings is 1. The van der Waals surface area contributed by atoms with Crippen molar-refractivity contribution in [1.29, 1.82) is 0 Å². The number of carbonyl (C=O) groups excluding carboxylic acids is 1. The van der Waals surface area contributed by atoms with E-state index in [0.29, 0.717) is 6.42 Å². The highest BCUT2D eigenvalue weighted by Crippen LogP contribution is 2.31. The predicted molar refractivity (Wildman–Crippen MR) is 99.2 cm³/mol. The summed E-state index contributed by atoms with van der Waals surface area (Å²) in [6.45, 7) is 4.73. The van der Waals surface area contributed by atoms with Gasteiger partial charge >= 0.3 is 0 Å². The molecule has 0 bridgehead atoms. The van der Waals surface area contributed by atoms with E-state index in [1.165, 1.54) is 23.5 Å². The molecule has 1 amide bonds. The van der Waals surface area contributed by atoms with E-state index in [1.807, 2.05) is 20.9 Å². The summed E-state index contributed by atoms with van der Waals surface area (Å²) in [5.41, 5.74) is 1.79. The van der Waals surface area contributed by atoms with Gasteiger partial charge in [0.15, 0.2) is 0 Å². The van der Waals surface area contributed by atoms with Gasteiger partial charge in [-0.2, -0.15) is 0 Å². The number of hydrogen-bond donors (Lipinski definition) is 2. The highest BCUT2D eigenvalue weighted by atomic mass is 35.5. The Hall–Kier alpha value is -1.50. The fraction of sp³-hybridized carbons (Fsp3) is 0.412. The van der Waals surface area contributed by atoms with E-state index in [-0.39, 0.29) is 30.2 Å². The molecule has 0 saturated carbocycles. The zero-order valence-electron chi connectivity index (χ0n) is 14.1. The van der Waals surface area contributed by atoms with Gasteiger partial charge in [-0.05, 0) is 58.1 Å². The molecule has 0 fully saturated rings. The molecule has 1 unspecified atom stereocenters. The van der Waals surface area contributed by atoms with Crippen LogP contribution in [0.15, 0.2) is 24.3 Å². The third kappa shape index (κ3) is 5.54. The first-order valence-electron chi connectivity index (χ1n) is 7.68. The number of aryl methyl sites for hydroxylation is 1. The predicted octanol–water partition coefficient (Wildman–Crippen LogP) is 3.86. The van der Waals surface area contributed by atoms with Gasteiger partial charge in [0.05, 0.1) is 16.6 Å². The van der Waals surface area contributed by atoms with Crippen LogP contribution in [0.3, 0.4) is 0 Å². The Morgan fingerprint density at radius 3 is 2.62 bits per heavy atom. The monoisotopic (exact) mass is 371 g/mol. The largest absolute Gasteiger partial charge is 0.349 e. The molecule has 0 radical (unpaired) electrons. The summed E-state index contributed by atoms with van der Waals surface area (Å²) in [5, 5.41) is 6.88. The Kier molecular flexibility index (Phi) is 8.31. The zero-order valence-corrected chi connectivity index (χ0v) is 15.7. The number of aromatic nitrogens is 1. The summed E-state index contributed by atoms with van der Waals surface area (Å²) in [5.74, 6) is -0.215. The third-order valence-electron chi connectivity index (χ3n) is 3.53. The average molecular weight is 372 g/mol. The van der Waals surface area contributed by atoms with Crippen molar-refractivity contribution >= 4 is 29.7 Å². The Balaban J connectivity index is 0.00000288. The summed E-state index contributed by atoms with van der Waals surface area (Å²) >= 11 is 1.54. The van der Waals surface area contributed by atoms with Crippen LogP contribution in [0.4, 0.5) is 4.39 Å².